The molecule has 1 aliphatic heterocycles. The molecule has 2 heterocycles. The molecule has 1 aliphatic rings. The maximum atomic E-state index is 13.2. The minimum atomic E-state index is -0.115. The fourth-order valence-corrected chi connectivity index (χ4v) is 4.67. The van der Waals surface area contributed by atoms with Crippen LogP contribution < -0.4 is 5.32 Å². The molecule has 1 unspecified atom stereocenters. The van der Waals surface area contributed by atoms with Crippen molar-refractivity contribution in [3.63, 3.8) is 0 Å². The van der Waals surface area contributed by atoms with Crippen molar-refractivity contribution < 1.29 is 9.59 Å². The highest BCUT2D eigenvalue weighted by Crippen LogP contribution is 2.33. The molecule has 2 amide bonds. The second-order valence-electron chi connectivity index (χ2n) is 8.07. The van der Waals surface area contributed by atoms with Crippen molar-refractivity contribution in [2.45, 2.75) is 37.9 Å². The molecule has 166 valence electrons. The predicted octanol–water partition coefficient (Wildman–Crippen LogP) is 4.14. The molecule has 1 N–H and O–H groups in total. The van der Waals surface area contributed by atoms with Crippen LogP contribution in [0.2, 0.25) is 0 Å². The lowest BCUT2D eigenvalue weighted by molar-refractivity contribution is -0.113. The van der Waals surface area contributed by atoms with Crippen LogP contribution in [0.25, 0.3) is 0 Å². The van der Waals surface area contributed by atoms with E-state index in [9.17, 15) is 9.59 Å². The zero-order valence-electron chi connectivity index (χ0n) is 18.5. The lowest BCUT2D eigenvalue weighted by Gasteiger charge is -2.24. The summed E-state index contributed by atoms with van der Waals surface area (Å²) in [4.78, 5) is 27.4. The van der Waals surface area contributed by atoms with Gasteiger partial charge in [-0.3, -0.25) is 9.59 Å². The van der Waals surface area contributed by atoms with Crippen LogP contribution in [-0.4, -0.2) is 43.8 Å². The van der Waals surface area contributed by atoms with Gasteiger partial charge in [-0.1, -0.05) is 47.7 Å². The van der Waals surface area contributed by atoms with Gasteiger partial charge in [0.2, 0.25) is 5.91 Å². The van der Waals surface area contributed by atoms with Gasteiger partial charge in [0.15, 0.2) is 11.0 Å². The molecule has 0 bridgehead atoms. The van der Waals surface area contributed by atoms with Gasteiger partial charge in [-0.2, -0.15) is 0 Å². The Morgan fingerprint density at radius 3 is 2.59 bits per heavy atom. The monoisotopic (exact) mass is 449 g/mol. The van der Waals surface area contributed by atoms with Crippen LogP contribution in [0.5, 0.6) is 0 Å². The van der Waals surface area contributed by atoms with Gasteiger partial charge in [0, 0.05) is 24.8 Å². The highest BCUT2D eigenvalue weighted by molar-refractivity contribution is 7.99. The van der Waals surface area contributed by atoms with Gasteiger partial charge in [0.25, 0.3) is 5.91 Å². The van der Waals surface area contributed by atoms with Crippen LogP contribution in [0.1, 0.15) is 46.2 Å². The molecule has 32 heavy (non-hydrogen) atoms. The van der Waals surface area contributed by atoms with E-state index in [2.05, 4.69) is 15.5 Å². The van der Waals surface area contributed by atoms with Crippen LogP contribution in [-0.2, 0) is 11.8 Å². The first kappa shape index (κ1) is 22.1. The SMILES string of the molecule is Cc1ccc(NC(=O)CSc2nnc(C3CCCN3C(=O)c3ccccc3C)n2C)cc1. The second kappa shape index (κ2) is 9.56. The number of rotatable bonds is 6. The van der Waals surface area contributed by atoms with Crippen molar-refractivity contribution in [2.75, 3.05) is 17.6 Å². The number of nitrogens with one attached hydrogen (secondary N) is 1. The molecule has 1 fully saturated rings. The summed E-state index contributed by atoms with van der Waals surface area (Å²) in [5, 5.41) is 12.2. The molecule has 2 aromatic carbocycles. The quantitative estimate of drug-likeness (QED) is 0.572. The van der Waals surface area contributed by atoms with E-state index in [1.807, 2.05) is 78.9 Å². The van der Waals surface area contributed by atoms with Gasteiger partial charge in [0.1, 0.15) is 0 Å². The van der Waals surface area contributed by atoms with Crippen LogP contribution in [0.3, 0.4) is 0 Å². The topological polar surface area (TPSA) is 80.1 Å². The number of aromatic nitrogens is 3. The van der Waals surface area contributed by atoms with Gasteiger partial charge < -0.3 is 14.8 Å². The summed E-state index contributed by atoms with van der Waals surface area (Å²) >= 11 is 1.34. The summed E-state index contributed by atoms with van der Waals surface area (Å²) in [5.41, 5.74) is 3.61. The number of likely N-dealkylation sites (tertiary alicyclic amines) is 1. The highest BCUT2D eigenvalue weighted by atomic mass is 32.2. The van der Waals surface area contributed by atoms with Gasteiger partial charge in [-0.05, 0) is 50.5 Å². The number of nitrogens with zero attached hydrogens (tertiary/aromatic N) is 4. The largest absolute Gasteiger partial charge is 0.328 e. The first-order valence-corrected chi connectivity index (χ1v) is 11.7. The molecule has 1 saturated heterocycles. The summed E-state index contributed by atoms with van der Waals surface area (Å²) in [6.45, 7) is 4.66. The Morgan fingerprint density at radius 2 is 1.84 bits per heavy atom. The summed E-state index contributed by atoms with van der Waals surface area (Å²) in [6, 6.07) is 15.2. The fourth-order valence-electron chi connectivity index (χ4n) is 3.95. The van der Waals surface area contributed by atoms with E-state index in [1.165, 1.54) is 11.8 Å². The zero-order valence-corrected chi connectivity index (χ0v) is 19.4. The normalized spacial score (nSPS) is 15.7. The second-order valence-corrected chi connectivity index (χ2v) is 9.02. The summed E-state index contributed by atoms with van der Waals surface area (Å²) in [6.07, 6.45) is 1.78. The van der Waals surface area contributed by atoms with E-state index >= 15 is 0 Å². The Balaban J connectivity index is 1.42. The third-order valence-electron chi connectivity index (χ3n) is 5.72. The van der Waals surface area contributed by atoms with E-state index in [-0.39, 0.29) is 23.6 Å². The van der Waals surface area contributed by atoms with Crippen molar-refractivity contribution in [1.29, 1.82) is 0 Å². The predicted molar refractivity (Wildman–Crippen MR) is 126 cm³/mol. The number of hydrogen-bond donors (Lipinski definition) is 1. The van der Waals surface area contributed by atoms with Crippen molar-refractivity contribution in [1.82, 2.24) is 19.7 Å². The highest BCUT2D eigenvalue weighted by Gasteiger charge is 2.34. The van der Waals surface area contributed by atoms with Crippen LogP contribution >= 0.6 is 11.8 Å². The van der Waals surface area contributed by atoms with Crippen molar-refractivity contribution in [3.05, 3.63) is 71.0 Å². The molecule has 0 radical (unpaired) electrons. The Kier molecular flexibility index (Phi) is 6.60. The Labute approximate surface area is 192 Å². The molecule has 3 aromatic rings. The third-order valence-corrected chi connectivity index (χ3v) is 6.74. The average Bonchev–Trinajstić information content (AvgIpc) is 3.40. The van der Waals surface area contributed by atoms with Crippen LogP contribution in [0.15, 0.2) is 53.7 Å². The maximum absolute atomic E-state index is 13.2. The number of benzene rings is 2. The standard InChI is InChI=1S/C24H27N5O2S/c1-16-10-12-18(13-11-16)25-21(30)15-32-24-27-26-22(28(24)3)20-9-6-14-29(20)23(31)19-8-5-4-7-17(19)2/h4-5,7-8,10-13,20H,6,9,14-15H2,1-3H3,(H,25,30). The first-order chi connectivity index (χ1) is 15.4. The first-order valence-electron chi connectivity index (χ1n) is 10.7. The molecular formula is C24H27N5O2S. The Morgan fingerprint density at radius 1 is 1.09 bits per heavy atom. The summed E-state index contributed by atoms with van der Waals surface area (Å²) in [7, 11) is 1.89. The lowest BCUT2D eigenvalue weighted by atomic mass is 10.1. The van der Waals surface area contributed by atoms with E-state index in [0.29, 0.717) is 11.7 Å². The molecule has 0 aliphatic carbocycles. The van der Waals surface area contributed by atoms with Crippen LogP contribution in [0.4, 0.5) is 5.69 Å². The molecule has 4 rings (SSSR count). The molecular weight excluding hydrogens is 422 g/mol. The van der Waals surface area contributed by atoms with E-state index < -0.39 is 0 Å². The minimum absolute atomic E-state index is 0.0280. The van der Waals surface area contributed by atoms with E-state index in [4.69, 9.17) is 0 Å². The van der Waals surface area contributed by atoms with E-state index in [0.717, 1.165) is 41.0 Å². The van der Waals surface area contributed by atoms with Gasteiger partial charge >= 0.3 is 0 Å². The zero-order chi connectivity index (χ0) is 22.7. The van der Waals surface area contributed by atoms with Crippen molar-refractivity contribution >= 4 is 29.3 Å². The number of amides is 2. The molecule has 1 aromatic heterocycles. The molecule has 0 spiro atoms. The Bertz CT molecular complexity index is 1130. The van der Waals surface area contributed by atoms with Crippen molar-refractivity contribution in [3.8, 4) is 0 Å². The Hall–Kier alpha value is -3.13. The maximum Gasteiger partial charge on any atom is 0.254 e. The summed E-state index contributed by atoms with van der Waals surface area (Å²) < 4.78 is 1.90. The van der Waals surface area contributed by atoms with Gasteiger partial charge in [0.05, 0.1) is 11.8 Å². The minimum Gasteiger partial charge on any atom is -0.328 e. The number of anilines is 1. The number of aryl methyl sites for hydroxylation is 2. The summed E-state index contributed by atoms with van der Waals surface area (Å²) in [5.74, 6) is 0.919. The number of carbonyl (C=O) groups excluding carboxylic acids is 2. The van der Waals surface area contributed by atoms with E-state index in [1.54, 1.807) is 0 Å². The average molecular weight is 450 g/mol. The third kappa shape index (κ3) is 4.70. The molecule has 1 atom stereocenters. The molecule has 7 nitrogen and oxygen atoms in total. The van der Waals surface area contributed by atoms with Crippen molar-refractivity contribution in [2.24, 2.45) is 7.05 Å². The van der Waals surface area contributed by atoms with Crippen LogP contribution in [0, 0.1) is 13.8 Å². The van der Waals surface area contributed by atoms with Gasteiger partial charge in [-0.15, -0.1) is 10.2 Å². The number of thioether (sulfide) groups is 1. The lowest BCUT2D eigenvalue weighted by Crippen LogP contribution is -2.32. The molecule has 8 heteroatoms. The fraction of sp³-hybridized carbons (Fsp3) is 0.333. The number of carbonyl (C=O) groups is 2. The molecule has 0 saturated carbocycles. The van der Waals surface area contributed by atoms with Gasteiger partial charge in [-0.25, -0.2) is 0 Å². The smallest absolute Gasteiger partial charge is 0.254 e. The number of hydrogen-bond acceptors (Lipinski definition) is 5.